The molecule has 2 aromatic carbocycles. The third-order valence-electron chi connectivity index (χ3n) is 2.91. The highest BCUT2D eigenvalue weighted by molar-refractivity contribution is 6.42. The van der Waals surface area contributed by atoms with Gasteiger partial charge in [0.2, 0.25) is 0 Å². The number of nitrogens with zero attached hydrogens (tertiary/aromatic N) is 2. The summed E-state index contributed by atoms with van der Waals surface area (Å²) in [4.78, 5) is 12.6. The first kappa shape index (κ1) is 16.3. The molecule has 4 nitrogen and oxygen atoms in total. The van der Waals surface area contributed by atoms with E-state index in [1.165, 1.54) is 11.1 Å². The molecule has 0 heterocycles. The van der Waals surface area contributed by atoms with Crippen LogP contribution in [0, 0.1) is 0 Å². The van der Waals surface area contributed by atoms with E-state index in [1.807, 2.05) is 0 Å². The monoisotopic (exact) mass is 336 g/mol. The van der Waals surface area contributed by atoms with Gasteiger partial charge in [0.15, 0.2) is 0 Å². The van der Waals surface area contributed by atoms with Crippen molar-refractivity contribution >= 4 is 41.0 Å². The lowest BCUT2D eigenvalue weighted by Crippen LogP contribution is -2.25. The van der Waals surface area contributed by atoms with Crippen molar-refractivity contribution in [3.05, 3.63) is 58.1 Å². The van der Waals surface area contributed by atoms with E-state index in [9.17, 15) is 4.79 Å². The number of hydrogen-bond donors (Lipinski definition) is 0. The van der Waals surface area contributed by atoms with Crippen LogP contribution in [0.4, 0.5) is 5.69 Å². The van der Waals surface area contributed by atoms with Crippen molar-refractivity contribution < 1.29 is 9.53 Å². The lowest BCUT2D eigenvalue weighted by atomic mass is 10.2. The van der Waals surface area contributed by atoms with Crippen LogP contribution >= 0.6 is 23.2 Å². The molecule has 114 valence electrons. The van der Waals surface area contributed by atoms with Gasteiger partial charge in [0.1, 0.15) is 5.75 Å². The molecule has 0 bridgehead atoms. The zero-order valence-electron chi connectivity index (χ0n) is 12.1. The maximum atomic E-state index is 12.6. The SMILES string of the molecule is C/C=N/N(C(=O)c1ccc(Cl)c(Cl)c1)c1ccc(OC)cc1. The van der Waals surface area contributed by atoms with Crippen LogP contribution in [0.15, 0.2) is 47.6 Å². The maximum Gasteiger partial charge on any atom is 0.278 e. The molecule has 0 spiro atoms. The summed E-state index contributed by atoms with van der Waals surface area (Å²) < 4.78 is 5.11. The molecule has 0 unspecified atom stereocenters. The average molecular weight is 337 g/mol. The molecule has 0 atom stereocenters. The number of benzene rings is 2. The van der Waals surface area contributed by atoms with Crippen molar-refractivity contribution in [3.63, 3.8) is 0 Å². The Morgan fingerprint density at radius 3 is 2.36 bits per heavy atom. The summed E-state index contributed by atoms with van der Waals surface area (Å²) in [6.45, 7) is 1.73. The highest BCUT2D eigenvalue weighted by atomic mass is 35.5. The maximum absolute atomic E-state index is 12.6. The fourth-order valence-corrected chi connectivity index (χ4v) is 2.12. The van der Waals surface area contributed by atoms with Crippen LogP contribution in [-0.4, -0.2) is 19.2 Å². The van der Waals surface area contributed by atoms with E-state index in [2.05, 4.69) is 5.10 Å². The van der Waals surface area contributed by atoms with Gasteiger partial charge in [0.25, 0.3) is 5.91 Å². The van der Waals surface area contributed by atoms with E-state index in [4.69, 9.17) is 27.9 Å². The third kappa shape index (κ3) is 3.59. The number of hydrazone groups is 1. The number of halogens is 2. The van der Waals surface area contributed by atoms with Gasteiger partial charge in [-0.15, -0.1) is 0 Å². The first-order chi connectivity index (χ1) is 10.6. The van der Waals surface area contributed by atoms with Crippen molar-refractivity contribution in [2.24, 2.45) is 5.10 Å². The van der Waals surface area contributed by atoms with Gasteiger partial charge in [-0.2, -0.15) is 10.1 Å². The molecule has 0 aliphatic heterocycles. The number of anilines is 1. The molecule has 0 N–H and O–H groups in total. The molecular formula is C16H14Cl2N2O2. The van der Waals surface area contributed by atoms with E-state index < -0.39 is 0 Å². The van der Waals surface area contributed by atoms with Gasteiger partial charge in [-0.05, 0) is 49.4 Å². The van der Waals surface area contributed by atoms with Crippen molar-refractivity contribution in [2.45, 2.75) is 6.92 Å². The Morgan fingerprint density at radius 1 is 1.14 bits per heavy atom. The van der Waals surface area contributed by atoms with Crippen molar-refractivity contribution in [3.8, 4) is 5.75 Å². The molecule has 0 radical (unpaired) electrons. The number of methoxy groups -OCH3 is 1. The number of carbonyl (C=O) groups excluding carboxylic acids is 1. The van der Waals surface area contributed by atoms with Crippen LogP contribution in [0.1, 0.15) is 17.3 Å². The Labute approximate surface area is 138 Å². The fraction of sp³-hybridized carbons (Fsp3) is 0.125. The minimum atomic E-state index is -0.304. The largest absolute Gasteiger partial charge is 0.497 e. The predicted molar refractivity (Wildman–Crippen MR) is 90.4 cm³/mol. The summed E-state index contributed by atoms with van der Waals surface area (Å²) in [5.41, 5.74) is 1.02. The van der Waals surface area contributed by atoms with E-state index in [0.717, 1.165) is 0 Å². The first-order valence-corrected chi connectivity index (χ1v) is 7.24. The van der Waals surface area contributed by atoms with Gasteiger partial charge in [-0.3, -0.25) is 4.79 Å². The molecule has 1 amide bonds. The first-order valence-electron chi connectivity index (χ1n) is 6.49. The Balaban J connectivity index is 2.37. The lowest BCUT2D eigenvalue weighted by Gasteiger charge is -2.17. The molecule has 0 aliphatic rings. The zero-order chi connectivity index (χ0) is 16.1. The Hall–Kier alpha value is -2.04. The van der Waals surface area contributed by atoms with Crippen molar-refractivity contribution in [1.29, 1.82) is 0 Å². The lowest BCUT2D eigenvalue weighted by molar-refractivity contribution is 0.0988. The molecule has 0 aliphatic carbocycles. The number of ether oxygens (including phenoxy) is 1. The molecule has 0 saturated heterocycles. The smallest absolute Gasteiger partial charge is 0.278 e. The third-order valence-corrected chi connectivity index (χ3v) is 3.65. The molecule has 2 rings (SSSR count). The quantitative estimate of drug-likeness (QED) is 0.602. The minimum Gasteiger partial charge on any atom is -0.497 e. The second kappa shape index (κ2) is 7.29. The fourth-order valence-electron chi connectivity index (χ4n) is 1.83. The van der Waals surface area contributed by atoms with Crippen LogP contribution in [0.5, 0.6) is 5.75 Å². The summed E-state index contributed by atoms with van der Waals surface area (Å²) >= 11 is 11.8. The topological polar surface area (TPSA) is 41.9 Å². The van der Waals surface area contributed by atoms with Gasteiger partial charge in [-0.25, -0.2) is 0 Å². The van der Waals surface area contributed by atoms with Crippen LogP contribution < -0.4 is 9.75 Å². The number of rotatable bonds is 4. The van der Waals surface area contributed by atoms with Gasteiger partial charge >= 0.3 is 0 Å². The number of amides is 1. The highest BCUT2D eigenvalue weighted by Crippen LogP contribution is 2.25. The van der Waals surface area contributed by atoms with Gasteiger partial charge in [-0.1, -0.05) is 23.2 Å². The Morgan fingerprint density at radius 2 is 1.82 bits per heavy atom. The molecular weight excluding hydrogens is 323 g/mol. The van der Waals surface area contributed by atoms with E-state index >= 15 is 0 Å². The van der Waals surface area contributed by atoms with Gasteiger partial charge in [0, 0.05) is 11.8 Å². The van der Waals surface area contributed by atoms with Gasteiger partial charge in [0.05, 0.1) is 22.8 Å². The van der Waals surface area contributed by atoms with Gasteiger partial charge < -0.3 is 4.74 Å². The molecule has 0 saturated carbocycles. The summed E-state index contributed by atoms with van der Waals surface area (Å²) in [5.74, 6) is 0.396. The predicted octanol–water partition coefficient (Wildman–Crippen LogP) is 4.65. The molecule has 6 heteroatoms. The number of carbonyl (C=O) groups is 1. The highest BCUT2D eigenvalue weighted by Gasteiger charge is 2.18. The molecule has 0 aromatic heterocycles. The summed E-state index contributed by atoms with van der Waals surface area (Å²) in [5, 5.41) is 6.13. The minimum absolute atomic E-state index is 0.304. The van der Waals surface area contributed by atoms with Crippen LogP contribution in [-0.2, 0) is 0 Å². The molecule has 0 fully saturated rings. The number of hydrogen-bond acceptors (Lipinski definition) is 3. The molecule has 2 aromatic rings. The summed E-state index contributed by atoms with van der Waals surface area (Å²) in [6, 6.07) is 11.7. The summed E-state index contributed by atoms with van der Waals surface area (Å²) in [7, 11) is 1.58. The van der Waals surface area contributed by atoms with E-state index in [-0.39, 0.29) is 5.91 Å². The zero-order valence-corrected chi connectivity index (χ0v) is 13.6. The van der Waals surface area contributed by atoms with Crippen molar-refractivity contribution in [2.75, 3.05) is 12.1 Å². The normalized spacial score (nSPS) is 10.7. The van der Waals surface area contributed by atoms with Crippen LogP contribution in [0.25, 0.3) is 0 Å². The van der Waals surface area contributed by atoms with Crippen LogP contribution in [0.2, 0.25) is 10.0 Å². The van der Waals surface area contributed by atoms with E-state index in [1.54, 1.807) is 56.6 Å². The average Bonchev–Trinajstić information content (AvgIpc) is 2.55. The Bertz CT molecular complexity index is 700. The van der Waals surface area contributed by atoms with E-state index in [0.29, 0.717) is 27.0 Å². The van der Waals surface area contributed by atoms with Crippen molar-refractivity contribution in [1.82, 2.24) is 0 Å². The summed E-state index contributed by atoms with van der Waals surface area (Å²) in [6.07, 6.45) is 1.54. The van der Waals surface area contributed by atoms with Crippen LogP contribution in [0.3, 0.4) is 0 Å². The Kier molecular flexibility index (Phi) is 5.41. The molecule has 22 heavy (non-hydrogen) atoms. The second-order valence-corrected chi connectivity index (χ2v) is 5.13. The second-order valence-electron chi connectivity index (χ2n) is 4.32. The standard InChI is InChI=1S/C16H14Cl2N2O2/c1-3-19-20(12-5-7-13(22-2)8-6-12)16(21)11-4-9-14(17)15(18)10-11/h3-10H,1-2H3/b19-3+.